The van der Waals surface area contributed by atoms with E-state index in [0.717, 1.165) is 43.6 Å². The second-order valence-corrected chi connectivity index (χ2v) is 8.66. The topological polar surface area (TPSA) is 60.9 Å². The van der Waals surface area contributed by atoms with Crippen LogP contribution in [0.15, 0.2) is 82.9 Å². The van der Waals surface area contributed by atoms with Crippen molar-refractivity contribution < 1.29 is 0 Å². The van der Waals surface area contributed by atoms with Crippen molar-refractivity contribution in [2.75, 3.05) is 0 Å². The Morgan fingerprint density at radius 1 is 1.00 bits per heavy atom. The summed E-state index contributed by atoms with van der Waals surface area (Å²) < 4.78 is 5.14. The monoisotopic (exact) mass is 476 g/mol. The van der Waals surface area contributed by atoms with Gasteiger partial charge < -0.3 is 4.40 Å². The van der Waals surface area contributed by atoms with Gasteiger partial charge in [-0.3, -0.25) is 9.55 Å². The van der Waals surface area contributed by atoms with E-state index in [0.29, 0.717) is 5.75 Å². The summed E-state index contributed by atoms with van der Waals surface area (Å²) in [6.07, 6.45) is 7.62. The normalized spacial score (nSPS) is 11.3. The zero-order valence-corrected chi connectivity index (χ0v) is 18.5. The van der Waals surface area contributed by atoms with Crippen LogP contribution >= 0.6 is 27.7 Å². The first-order valence-electron chi connectivity index (χ1n) is 9.37. The highest BCUT2D eigenvalue weighted by Crippen LogP contribution is 2.30. The Kier molecular flexibility index (Phi) is 5.10. The lowest BCUT2D eigenvalue weighted by Crippen LogP contribution is -2.02. The van der Waals surface area contributed by atoms with Crippen LogP contribution in [-0.2, 0) is 5.75 Å². The van der Waals surface area contributed by atoms with Crippen molar-refractivity contribution >= 4 is 33.3 Å². The molecule has 0 aliphatic carbocycles. The van der Waals surface area contributed by atoms with Crippen LogP contribution in [0.25, 0.3) is 22.7 Å². The molecule has 1 aromatic carbocycles. The Morgan fingerprint density at radius 2 is 1.90 bits per heavy atom. The number of aryl methyl sites for hydroxylation is 1. The Morgan fingerprint density at radius 3 is 2.73 bits per heavy atom. The van der Waals surface area contributed by atoms with Gasteiger partial charge in [-0.1, -0.05) is 30.0 Å². The van der Waals surface area contributed by atoms with Crippen molar-refractivity contribution in [2.45, 2.75) is 17.8 Å². The van der Waals surface area contributed by atoms with Crippen LogP contribution in [0.5, 0.6) is 0 Å². The molecule has 0 aliphatic heterocycles. The van der Waals surface area contributed by atoms with Crippen LogP contribution in [0.4, 0.5) is 0 Å². The summed E-state index contributed by atoms with van der Waals surface area (Å²) in [7, 11) is 0. The quantitative estimate of drug-likeness (QED) is 0.320. The van der Waals surface area contributed by atoms with Gasteiger partial charge >= 0.3 is 0 Å². The number of para-hydroxylation sites is 1. The van der Waals surface area contributed by atoms with Crippen molar-refractivity contribution in [2.24, 2.45) is 0 Å². The maximum atomic E-state index is 4.71. The fourth-order valence-electron chi connectivity index (χ4n) is 3.30. The van der Waals surface area contributed by atoms with Crippen molar-refractivity contribution in [3.05, 3.63) is 89.0 Å². The molecule has 8 heteroatoms. The molecule has 5 aromatic rings. The van der Waals surface area contributed by atoms with E-state index in [1.807, 2.05) is 59.4 Å². The van der Waals surface area contributed by atoms with Crippen molar-refractivity contribution in [3.63, 3.8) is 0 Å². The summed E-state index contributed by atoms with van der Waals surface area (Å²) in [4.78, 5) is 8.96. The standard InChI is InChI=1S/C22H17BrN6S/c1-15-5-2-3-7-19(15)29-21(16-6-4-10-24-11-16)26-27-22(29)30-14-18-13-28-12-17(23)8-9-20(28)25-18/h2-13H,14H2,1H3. The third kappa shape index (κ3) is 3.64. The molecule has 0 amide bonds. The zero-order valence-electron chi connectivity index (χ0n) is 16.1. The van der Waals surface area contributed by atoms with Gasteiger partial charge in [-0.25, -0.2) is 4.98 Å². The molecule has 5 rings (SSSR count). The van der Waals surface area contributed by atoms with Gasteiger partial charge in [0.05, 0.1) is 11.4 Å². The highest BCUT2D eigenvalue weighted by molar-refractivity contribution is 9.10. The van der Waals surface area contributed by atoms with E-state index in [9.17, 15) is 0 Å². The summed E-state index contributed by atoms with van der Waals surface area (Å²) in [5, 5.41) is 9.81. The molecule has 0 fully saturated rings. The lowest BCUT2D eigenvalue weighted by molar-refractivity contribution is 0.879. The number of nitrogens with zero attached hydrogens (tertiary/aromatic N) is 6. The summed E-state index contributed by atoms with van der Waals surface area (Å²) >= 11 is 5.12. The maximum absolute atomic E-state index is 4.71. The van der Waals surface area contributed by atoms with Gasteiger partial charge in [-0.2, -0.15) is 0 Å². The fourth-order valence-corrected chi connectivity index (χ4v) is 4.48. The summed E-state index contributed by atoms with van der Waals surface area (Å²) in [5.41, 5.74) is 5.05. The molecule has 0 atom stereocenters. The molecular formula is C22H17BrN6S. The van der Waals surface area contributed by atoms with E-state index >= 15 is 0 Å². The fraction of sp³-hybridized carbons (Fsp3) is 0.0909. The Labute approximate surface area is 186 Å². The van der Waals surface area contributed by atoms with Crippen LogP contribution in [-0.4, -0.2) is 29.1 Å². The molecule has 6 nitrogen and oxygen atoms in total. The largest absolute Gasteiger partial charge is 0.306 e. The first kappa shape index (κ1) is 19.0. The number of imidazole rings is 1. The predicted molar refractivity (Wildman–Crippen MR) is 122 cm³/mol. The summed E-state index contributed by atoms with van der Waals surface area (Å²) in [6.45, 7) is 2.09. The number of aromatic nitrogens is 6. The maximum Gasteiger partial charge on any atom is 0.196 e. The highest BCUT2D eigenvalue weighted by atomic mass is 79.9. The molecule has 0 spiro atoms. The number of benzene rings is 1. The number of pyridine rings is 2. The Bertz CT molecular complexity index is 1330. The van der Waals surface area contributed by atoms with E-state index in [1.54, 1.807) is 18.0 Å². The number of rotatable bonds is 5. The van der Waals surface area contributed by atoms with E-state index in [4.69, 9.17) is 4.98 Å². The van der Waals surface area contributed by atoms with Crippen LogP contribution in [0.2, 0.25) is 0 Å². The summed E-state index contributed by atoms with van der Waals surface area (Å²) in [6, 6.07) is 16.1. The average Bonchev–Trinajstić information content (AvgIpc) is 3.36. The molecule has 0 bridgehead atoms. The molecule has 148 valence electrons. The SMILES string of the molecule is Cc1ccccc1-n1c(SCc2cn3cc(Br)ccc3n2)nnc1-c1cccnc1. The van der Waals surface area contributed by atoms with Crippen molar-refractivity contribution in [3.8, 4) is 17.1 Å². The molecule has 0 N–H and O–H groups in total. The van der Waals surface area contributed by atoms with Gasteiger partial charge in [-0.15, -0.1) is 10.2 Å². The van der Waals surface area contributed by atoms with Crippen LogP contribution < -0.4 is 0 Å². The molecule has 30 heavy (non-hydrogen) atoms. The van der Waals surface area contributed by atoms with Crippen molar-refractivity contribution in [1.82, 2.24) is 29.1 Å². The average molecular weight is 477 g/mol. The second kappa shape index (κ2) is 8.04. The molecular weight excluding hydrogens is 460 g/mol. The number of hydrogen-bond acceptors (Lipinski definition) is 5. The smallest absolute Gasteiger partial charge is 0.196 e. The minimum atomic E-state index is 0.691. The highest BCUT2D eigenvalue weighted by Gasteiger charge is 2.18. The Balaban J connectivity index is 1.53. The lowest BCUT2D eigenvalue weighted by Gasteiger charge is -2.12. The molecule has 0 radical (unpaired) electrons. The number of hydrogen-bond donors (Lipinski definition) is 0. The van der Waals surface area contributed by atoms with Crippen LogP contribution in [0, 0.1) is 6.92 Å². The van der Waals surface area contributed by atoms with Gasteiger partial charge in [0.15, 0.2) is 11.0 Å². The van der Waals surface area contributed by atoms with Crippen LogP contribution in [0.1, 0.15) is 11.3 Å². The molecule has 0 aliphatic rings. The van der Waals surface area contributed by atoms with Crippen molar-refractivity contribution in [1.29, 1.82) is 0 Å². The van der Waals surface area contributed by atoms with Gasteiger partial charge in [-0.05, 0) is 58.7 Å². The number of thioether (sulfide) groups is 1. The number of halogens is 1. The van der Waals surface area contributed by atoms with E-state index < -0.39 is 0 Å². The zero-order chi connectivity index (χ0) is 20.5. The third-order valence-corrected chi connectivity index (χ3v) is 6.16. The lowest BCUT2D eigenvalue weighted by atomic mass is 10.2. The third-order valence-electron chi connectivity index (χ3n) is 4.72. The van der Waals surface area contributed by atoms with Gasteiger partial charge in [0.1, 0.15) is 5.65 Å². The molecule has 0 unspecified atom stereocenters. The van der Waals surface area contributed by atoms with Crippen LogP contribution in [0.3, 0.4) is 0 Å². The molecule has 0 saturated carbocycles. The first-order chi connectivity index (χ1) is 14.7. The second-order valence-electron chi connectivity index (χ2n) is 6.80. The predicted octanol–water partition coefficient (Wildman–Crippen LogP) is 5.34. The van der Waals surface area contributed by atoms with E-state index in [1.165, 1.54) is 0 Å². The van der Waals surface area contributed by atoms with Gasteiger partial charge in [0.25, 0.3) is 0 Å². The Hall–Kier alpha value is -2.97. The molecule has 4 heterocycles. The minimum absolute atomic E-state index is 0.691. The molecule has 0 saturated heterocycles. The number of fused-ring (bicyclic) bond motifs is 1. The summed E-state index contributed by atoms with van der Waals surface area (Å²) in [5.74, 6) is 1.47. The first-order valence-corrected chi connectivity index (χ1v) is 11.1. The van der Waals surface area contributed by atoms with Gasteiger partial charge in [0, 0.05) is 40.6 Å². The van der Waals surface area contributed by atoms with E-state index in [-0.39, 0.29) is 0 Å². The minimum Gasteiger partial charge on any atom is -0.306 e. The van der Waals surface area contributed by atoms with Gasteiger partial charge in [0.2, 0.25) is 0 Å². The molecule has 4 aromatic heterocycles. The van der Waals surface area contributed by atoms with E-state index in [2.05, 4.69) is 54.7 Å².